The van der Waals surface area contributed by atoms with Gasteiger partial charge in [-0.05, 0) is 37.6 Å². The fraction of sp³-hybridized carbons (Fsp3) is 0.250. The first-order valence-corrected chi connectivity index (χ1v) is 9.57. The number of carbonyl (C=O) groups excluding carboxylic acids is 1. The van der Waals surface area contributed by atoms with Crippen LogP contribution in [0, 0.1) is 13.8 Å². The van der Waals surface area contributed by atoms with Gasteiger partial charge < -0.3 is 19.4 Å². The van der Waals surface area contributed by atoms with E-state index >= 15 is 0 Å². The van der Waals surface area contributed by atoms with Crippen LogP contribution in [0.4, 0.5) is 5.69 Å². The number of aryl methyl sites for hydroxylation is 2. The highest BCUT2D eigenvalue weighted by atomic mass is 32.1. The van der Waals surface area contributed by atoms with E-state index in [0.717, 1.165) is 22.6 Å². The van der Waals surface area contributed by atoms with Crippen molar-refractivity contribution in [1.82, 2.24) is 9.55 Å². The van der Waals surface area contributed by atoms with E-state index in [1.54, 1.807) is 29.2 Å². The van der Waals surface area contributed by atoms with Crippen molar-refractivity contribution in [2.45, 2.75) is 26.8 Å². The number of aromatic nitrogens is 2. The highest BCUT2D eigenvalue weighted by Crippen LogP contribution is 2.31. The van der Waals surface area contributed by atoms with Gasteiger partial charge in [0.05, 0.1) is 19.0 Å². The van der Waals surface area contributed by atoms with Crippen LogP contribution in [0.5, 0.6) is 17.4 Å². The van der Waals surface area contributed by atoms with Crippen LogP contribution in [0.2, 0.25) is 0 Å². The Balaban J connectivity index is 1.58. The summed E-state index contributed by atoms with van der Waals surface area (Å²) < 4.78 is 12.7. The zero-order valence-corrected chi connectivity index (χ0v) is 16.7. The van der Waals surface area contributed by atoms with Gasteiger partial charge in [-0.3, -0.25) is 9.59 Å². The first kappa shape index (κ1) is 19.6. The Hall–Kier alpha value is -3.13. The van der Waals surface area contributed by atoms with Crippen LogP contribution in [0.1, 0.15) is 17.7 Å². The molecule has 0 aliphatic rings. The van der Waals surface area contributed by atoms with E-state index in [-0.39, 0.29) is 17.2 Å². The molecule has 0 saturated heterocycles. The molecule has 2 aromatic heterocycles. The number of amides is 1. The predicted molar refractivity (Wildman–Crippen MR) is 109 cm³/mol. The predicted octanol–water partition coefficient (Wildman–Crippen LogP) is 3.75. The molecule has 28 heavy (non-hydrogen) atoms. The van der Waals surface area contributed by atoms with Crippen LogP contribution in [0.15, 0.2) is 46.7 Å². The lowest BCUT2D eigenvalue weighted by atomic mass is 10.2. The quantitative estimate of drug-likeness (QED) is 0.654. The number of methoxy groups -OCH3 is 1. The van der Waals surface area contributed by atoms with Crippen molar-refractivity contribution in [1.29, 1.82) is 0 Å². The third-order valence-corrected chi connectivity index (χ3v) is 4.97. The molecule has 0 radical (unpaired) electrons. The lowest BCUT2D eigenvalue weighted by molar-refractivity contribution is -0.116. The number of nitrogens with one attached hydrogen (secondary N) is 1. The molecule has 1 amide bonds. The van der Waals surface area contributed by atoms with E-state index in [1.165, 1.54) is 6.20 Å². The van der Waals surface area contributed by atoms with Crippen molar-refractivity contribution in [3.8, 4) is 17.4 Å². The van der Waals surface area contributed by atoms with Gasteiger partial charge in [0.15, 0.2) is 11.5 Å². The average molecular weight is 399 g/mol. The standard InChI is InChI=1S/C20H21N3O4S/c1-13-4-6-16(17(10-13)26-3)27-19-7-5-15(11-21-19)22-18(24)8-9-23-14(2)12-28-20(23)25/h4-7,10-12H,8-9H2,1-3H3,(H,22,24). The molecule has 146 valence electrons. The maximum atomic E-state index is 12.1. The molecule has 0 spiro atoms. The van der Waals surface area contributed by atoms with Crippen molar-refractivity contribution in [2.24, 2.45) is 0 Å². The summed E-state index contributed by atoms with van der Waals surface area (Å²) in [7, 11) is 1.58. The first-order chi connectivity index (χ1) is 13.5. The molecule has 2 heterocycles. The van der Waals surface area contributed by atoms with Crippen molar-refractivity contribution < 1.29 is 14.3 Å². The first-order valence-electron chi connectivity index (χ1n) is 8.69. The molecule has 0 fully saturated rings. The minimum absolute atomic E-state index is 0.0556. The fourth-order valence-electron chi connectivity index (χ4n) is 2.60. The molecule has 0 aliphatic heterocycles. The van der Waals surface area contributed by atoms with E-state index in [4.69, 9.17) is 9.47 Å². The lowest BCUT2D eigenvalue weighted by Crippen LogP contribution is -2.20. The number of hydrogen-bond acceptors (Lipinski definition) is 6. The number of nitrogens with zero attached hydrogens (tertiary/aromatic N) is 2. The number of pyridine rings is 1. The summed E-state index contributed by atoms with van der Waals surface area (Å²) in [4.78, 5) is 28.0. The Kier molecular flexibility index (Phi) is 6.10. The molecule has 0 atom stereocenters. The Labute approximate surface area is 166 Å². The molecule has 7 nitrogen and oxygen atoms in total. The Morgan fingerprint density at radius 1 is 1.21 bits per heavy atom. The van der Waals surface area contributed by atoms with Crippen LogP contribution in [0.25, 0.3) is 0 Å². The molecule has 3 aromatic rings. The lowest BCUT2D eigenvalue weighted by Gasteiger charge is -2.11. The van der Waals surface area contributed by atoms with Gasteiger partial charge in [0.1, 0.15) is 0 Å². The minimum Gasteiger partial charge on any atom is -0.493 e. The fourth-order valence-corrected chi connectivity index (χ4v) is 3.36. The summed E-state index contributed by atoms with van der Waals surface area (Å²) in [5.41, 5.74) is 2.48. The second kappa shape index (κ2) is 8.71. The van der Waals surface area contributed by atoms with Crippen LogP contribution in [-0.4, -0.2) is 22.6 Å². The number of hydrogen-bond donors (Lipinski definition) is 1. The van der Waals surface area contributed by atoms with E-state index in [1.807, 2.05) is 32.0 Å². The van der Waals surface area contributed by atoms with E-state index in [9.17, 15) is 9.59 Å². The Bertz CT molecular complexity index is 1020. The van der Waals surface area contributed by atoms with Crippen LogP contribution >= 0.6 is 11.3 Å². The summed E-state index contributed by atoms with van der Waals surface area (Å²) in [6.07, 6.45) is 1.73. The summed E-state index contributed by atoms with van der Waals surface area (Å²) in [5, 5.41) is 4.55. The van der Waals surface area contributed by atoms with Gasteiger partial charge in [0.2, 0.25) is 11.8 Å². The van der Waals surface area contributed by atoms with Gasteiger partial charge in [0.25, 0.3) is 0 Å². The molecule has 3 rings (SSSR count). The SMILES string of the molecule is COc1cc(C)ccc1Oc1ccc(NC(=O)CCn2c(C)csc2=O)cn1. The summed E-state index contributed by atoms with van der Waals surface area (Å²) in [5.74, 6) is 1.39. The molecular formula is C20H21N3O4S. The number of carbonyl (C=O) groups is 1. The van der Waals surface area contributed by atoms with Crippen molar-refractivity contribution in [2.75, 3.05) is 12.4 Å². The third-order valence-electron chi connectivity index (χ3n) is 4.09. The van der Waals surface area contributed by atoms with Crippen LogP contribution in [0.3, 0.4) is 0 Å². The molecule has 0 unspecified atom stereocenters. The second-order valence-corrected chi connectivity index (χ2v) is 7.05. The highest BCUT2D eigenvalue weighted by Gasteiger charge is 2.09. The smallest absolute Gasteiger partial charge is 0.307 e. The normalized spacial score (nSPS) is 10.5. The number of thiazole rings is 1. The number of benzene rings is 1. The zero-order valence-electron chi connectivity index (χ0n) is 15.9. The highest BCUT2D eigenvalue weighted by molar-refractivity contribution is 7.07. The topological polar surface area (TPSA) is 82.5 Å². The molecule has 0 bridgehead atoms. The maximum Gasteiger partial charge on any atom is 0.307 e. The van der Waals surface area contributed by atoms with Gasteiger partial charge in [-0.1, -0.05) is 17.4 Å². The average Bonchev–Trinajstić information content (AvgIpc) is 3.00. The number of ether oxygens (including phenoxy) is 2. The van der Waals surface area contributed by atoms with Gasteiger partial charge >= 0.3 is 4.87 Å². The largest absolute Gasteiger partial charge is 0.493 e. The van der Waals surface area contributed by atoms with E-state index in [2.05, 4.69) is 10.3 Å². The molecular weight excluding hydrogens is 378 g/mol. The molecule has 0 aliphatic carbocycles. The molecule has 0 saturated carbocycles. The van der Waals surface area contributed by atoms with E-state index < -0.39 is 0 Å². The van der Waals surface area contributed by atoms with Gasteiger partial charge in [-0.2, -0.15) is 0 Å². The van der Waals surface area contributed by atoms with Gasteiger partial charge in [0, 0.05) is 30.1 Å². The van der Waals surface area contributed by atoms with Crippen LogP contribution < -0.4 is 19.7 Å². The zero-order chi connectivity index (χ0) is 20.1. The maximum absolute atomic E-state index is 12.1. The van der Waals surface area contributed by atoms with Crippen molar-refractivity contribution in [3.05, 3.63) is 62.8 Å². The molecule has 1 aromatic carbocycles. The third kappa shape index (κ3) is 4.77. The Morgan fingerprint density at radius 3 is 2.68 bits per heavy atom. The number of anilines is 1. The van der Waals surface area contributed by atoms with Gasteiger partial charge in [-0.25, -0.2) is 4.98 Å². The van der Waals surface area contributed by atoms with Gasteiger partial charge in [-0.15, -0.1) is 0 Å². The minimum atomic E-state index is -0.187. The van der Waals surface area contributed by atoms with E-state index in [0.29, 0.717) is 29.6 Å². The molecule has 8 heteroatoms. The van der Waals surface area contributed by atoms with Crippen molar-refractivity contribution >= 4 is 22.9 Å². The second-order valence-electron chi connectivity index (χ2n) is 6.23. The number of rotatable bonds is 7. The summed E-state index contributed by atoms with van der Waals surface area (Å²) >= 11 is 1.14. The van der Waals surface area contributed by atoms with Crippen molar-refractivity contribution in [3.63, 3.8) is 0 Å². The summed E-state index contributed by atoms with van der Waals surface area (Å²) in [6.45, 7) is 4.17. The summed E-state index contributed by atoms with van der Waals surface area (Å²) in [6, 6.07) is 9.00. The molecule has 1 N–H and O–H groups in total. The monoisotopic (exact) mass is 399 g/mol. The Morgan fingerprint density at radius 2 is 2.04 bits per heavy atom. The van der Waals surface area contributed by atoms with Crippen LogP contribution in [-0.2, 0) is 11.3 Å².